The molecule has 0 saturated carbocycles. The molecule has 3 rings (SSSR count). The number of carbonyl (C=O) groups excluding carboxylic acids is 1. The van der Waals surface area contributed by atoms with Crippen LogP contribution in [0.4, 0.5) is 0 Å². The summed E-state index contributed by atoms with van der Waals surface area (Å²) >= 11 is 1.64. The summed E-state index contributed by atoms with van der Waals surface area (Å²) in [6.07, 6.45) is 6.20. The van der Waals surface area contributed by atoms with Gasteiger partial charge in [0.25, 0.3) is 0 Å². The van der Waals surface area contributed by atoms with E-state index in [9.17, 15) is 4.79 Å². The Morgan fingerprint density at radius 1 is 1.25 bits per heavy atom. The molecule has 0 saturated heterocycles. The standard InChI is InChI=1S/C22H25N3O2S/c1-2-27-14-7-13-23-21(26)12-11-19-17-25(16-18-8-4-3-5-9-18)24-22(19)20-10-6-15-28-20/h3-6,8-12,15,17H,2,7,13-14,16H2,1H3,(H,23,26)/b12-11+. The fourth-order valence-corrected chi connectivity index (χ4v) is 3.50. The van der Waals surface area contributed by atoms with Crippen LogP contribution in [0.3, 0.4) is 0 Å². The van der Waals surface area contributed by atoms with Crippen molar-refractivity contribution in [2.75, 3.05) is 19.8 Å². The first-order chi connectivity index (χ1) is 13.8. The third kappa shape index (κ3) is 5.90. The zero-order valence-corrected chi connectivity index (χ0v) is 16.8. The number of rotatable bonds is 10. The van der Waals surface area contributed by atoms with Crippen LogP contribution in [0, 0.1) is 0 Å². The lowest BCUT2D eigenvalue weighted by Crippen LogP contribution is -2.23. The fraction of sp³-hybridized carbons (Fsp3) is 0.273. The first kappa shape index (κ1) is 20.0. The second-order valence-corrected chi connectivity index (χ2v) is 7.22. The van der Waals surface area contributed by atoms with Crippen LogP contribution in [0.1, 0.15) is 24.5 Å². The van der Waals surface area contributed by atoms with Crippen LogP contribution >= 0.6 is 11.3 Å². The van der Waals surface area contributed by atoms with Gasteiger partial charge in [-0.15, -0.1) is 11.3 Å². The van der Waals surface area contributed by atoms with E-state index in [1.165, 1.54) is 5.56 Å². The zero-order valence-electron chi connectivity index (χ0n) is 16.0. The van der Waals surface area contributed by atoms with E-state index < -0.39 is 0 Å². The quantitative estimate of drug-likeness (QED) is 0.413. The first-order valence-corrected chi connectivity index (χ1v) is 10.3. The van der Waals surface area contributed by atoms with Crippen molar-refractivity contribution in [3.8, 4) is 10.6 Å². The normalized spacial score (nSPS) is 11.2. The highest BCUT2D eigenvalue weighted by atomic mass is 32.1. The molecule has 0 aliphatic rings. The molecule has 1 amide bonds. The van der Waals surface area contributed by atoms with Gasteiger partial charge in [-0.3, -0.25) is 9.48 Å². The van der Waals surface area contributed by atoms with Crippen LogP contribution in [0.5, 0.6) is 0 Å². The molecule has 0 bridgehead atoms. The Kier molecular flexibility index (Phi) is 7.58. The molecule has 0 atom stereocenters. The van der Waals surface area contributed by atoms with E-state index in [2.05, 4.69) is 17.4 Å². The maximum atomic E-state index is 12.1. The summed E-state index contributed by atoms with van der Waals surface area (Å²) in [7, 11) is 0. The van der Waals surface area contributed by atoms with Crippen molar-refractivity contribution in [1.29, 1.82) is 0 Å². The van der Waals surface area contributed by atoms with Crippen LogP contribution < -0.4 is 5.32 Å². The second kappa shape index (κ2) is 10.6. The number of nitrogens with one attached hydrogen (secondary N) is 1. The number of thiophene rings is 1. The fourth-order valence-electron chi connectivity index (χ4n) is 2.77. The highest BCUT2D eigenvalue weighted by Gasteiger charge is 2.11. The number of carbonyl (C=O) groups is 1. The van der Waals surface area contributed by atoms with Gasteiger partial charge < -0.3 is 10.1 Å². The SMILES string of the molecule is CCOCCCNC(=O)/C=C/c1cn(Cc2ccccc2)nc1-c1cccs1. The molecule has 5 nitrogen and oxygen atoms in total. The molecule has 1 aromatic carbocycles. The summed E-state index contributed by atoms with van der Waals surface area (Å²) in [6, 6.07) is 14.3. The van der Waals surface area contributed by atoms with Crippen molar-refractivity contribution in [3.05, 3.63) is 71.2 Å². The maximum Gasteiger partial charge on any atom is 0.244 e. The molecule has 0 aliphatic heterocycles. The molecule has 28 heavy (non-hydrogen) atoms. The van der Waals surface area contributed by atoms with E-state index in [-0.39, 0.29) is 5.91 Å². The van der Waals surface area contributed by atoms with Crippen molar-refractivity contribution >= 4 is 23.3 Å². The van der Waals surface area contributed by atoms with Crippen molar-refractivity contribution in [1.82, 2.24) is 15.1 Å². The van der Waals surface area contributed by atoms with Crippen molar-refractivity contribution in [2.24, 2.45) is 0 Å². The van der Waals surface area contributed by atoms with E-state index >= 15 is 0 Å². The van der Waals surface area contributed by atoms with E-state index in [0.717, 1.165) is 22.6 Å². The summed E-state index contributed by atoms with van der Waals surface area (Å²) in [5, 5.41) is 9.66. The molecule has 0 unspecified atom stereocenters. The monoisotopic (exact) mass is 395 g/mol. The lowest BCUT2D eigenvalue weighted by atomic mass is 10.2. The van der Waals surface area contributed by atoms with E-state index in [0.29, 0.717) is 26.3 Å². The van der Waals surface area contributed by atoms with E-state index in [4.69, 9.17) is 9.84 Å². The van der Waals surface area contributed by atoms with Crippen LogP contribution in [0.25, 0.3) is 16.6 Å². The summed E-state index contributed by atoms with van der Waals surface area (Å²) in [5.74, 6) is -0.107. The molecule has 0 radical (unpaired) electrons. The van der Waals surface area contributed by atoms with Crippen LogP contribution in [-0.2, 0) is 16.1 Å². The summed E-state index contributed by atoms with van der Waals surface area (Å²) in [5.41, 5.74) is 3.01. The van der Waals surface area contributed by atoms with Gasteiger partial charge in [-0.05, 0) is 36.4 Å². The molecule has 0 aliphatic carbocycles. The molecule has 6 heteroatoms. The van der Waals surface area contributed by atoms with Gasteiger partial charge in [0.1, 0.15) is 5.69 Å². The summed E-state index contributed by atoms with van der Waals surface area (Å²) in [4.78, 5) is 13.2. The number of hydrogen-bond acceptors (Lipinski definition) is 4. The lowest BCUT2D eigenvalue weighted by Gasteiger charge is -2.02. The van der Waals surface area contributed by atoms with Crippen molar-refractivity contribution in [2.45, 2.75) is 19.9 Å². The average molecular weight is 396 g/mol. The zero-order chi connectivity index (χ0) is 19.6. The number of nitrogens with zero attached hydrogens (tertiary/aromatic N) is 2. The van der Waals surface area contributed by atoms with Gasteiger partial charge in [0, 0.05) is 37.6 Å². The highest BCUT2D eigenvalue weighted by Crippen LogP contribution is 2.27. The number of amides is 1. The summed E-state index contributed by atoms with van der Waals surface area (Å²) < 4.78 is 7.19. The van der Waals surface area contributed by atoms with Gasteiger partial charge in [-0.25, -0.2) is 0 Å². The minimum atomic E-state index is -0.107. The predicted octanol–water partition coefficient (Wildman–Crippen LogP) is 4.22. The predicted molar refractivity (Wildman–Crippen MR) is 114 cm³/mol. The molecule has 2 heterocycles. The van der Waals surface area contributed by atoms with Crippen molar-refractivity contribution < 1.29 is 9.53 Å². The third-order valence-corrected chi connectivity index (χ3v) is 4.99. The highest BCUT2D eigenvalue weighted by molar-refractivity contribution is 7.13. The molecule has 0 spiro atoms. The van der Waals surface area contributed by atoms with Gasteiger partial charge in [-0.1, -0.05) is 36.4 Å². The molecule has 3 aromatic rings. The first-order valence-electron chi connectivity index (χ1n) is 9.45. The maximum absolute atomic E-state index is 12.1. The molecule has 1 N–H and O–H groups in total. The molecule has 0 fully saturated rings. The number of aromatic nitrogens is 2. The number of ether oxygens (including phenoxy) is 1. The Labute approximate surface area is 169 Å². The van der Waals surface area contributed by atoms with Crippen LogP contribution in [-0.4, -0.2) is 35.4 Å². The Morgan fingerprint density at radius 2 is 2.11 bits per heavy atom. The molecule has 146 valence electrons. The molecule has 2 aromatic heterocycles. The Bertz CT molecular complexity index is 886. The van der Waals surface area contributed by atoms with Gasteiger partial charge >= 0.3 is 0 Å². The van der Waals surface area contributed by atoms with Gasteiger partial charge in [0.15, 0.2) is 0 Å². The van der Waals surface area contributed by atoms with E-state index in [1.807, 2.05) is 59.6 Å². The van der Waals surface area contributed by atoms with Gasteiger partial charge in [0.2, 0.25) is 5.91 Å². The minimum Gasteiger partial charge on any atom is -0.382 e. The second-order valence-electron chi connectivity index (χ2n) is 6.27. The average Bonchev–Trinajstić information content (AvgIpc) is 3.37. The number of hydrogen-bond donors (Lipinski definition) is 1. The lowest BCUT2D eigenvalue weighted by molar-refractivity contribution is -0.116. The molecular formula is C22H25N3O2S. The number of benzene rings is 1. The third-order valence-electron chi connectivity index (χ3n) is 4.12. The van der Waals surface area contributed by atoms with Gasteiger partial charge in [0.05, 0.1) is 11.4 Å². The largest absolute Gasteiger partial charge is 0.382 e. The summed E-state index contributed by atoms with van der Waals surface area (Å²) in [6.45, 7) is 4.62. The minimum absolute atomic E-state index is 0.107. The Balaban J connectivity index is 1.69. The Morgan fingerprint density at radius 3 is 2.86 bits per heavy atom. The smallest absolute Gasteiger partial charge is 0.244 e. The van der Waals surface area contributed by atoms with Crippen LogP contribution in [0.2, 0.25) is 0 Å². The van der Waals surface area contributed by atoms with Gasteiger partial charge in [-0.2, -0.15) is 5.10 Å². The molecular weight excluding hydrogens is 370 g/mol. The van der Waals surface area contributed by atoms with Crippen molar-refractivity contribution in [3.63, 3.8) is 0 Å². The Hall–Kier alpha value is -2.70. The van der Waals surface area contributed by atoms with E-state index in [1.54, 1.807) is 17.4 Å². The topological polar surface area (TPSA) is 56.1 Å². The van der Waals surface area contributed by atoms with Crippen LogP contribution in [0.15, 0.2) is 60.1 Å².